The molecule has 29 heavy (non-hydrogen) atoms. The summed E-state index contributed by atoms with van der Waals surface area (Å²) in [5.41, 5.74) is 3.38. The average Bonchev–Trinajstić information content (AvgIpc) is 2.68. The van der Waals surface area contributed by atoms with Crippen molar-refractivity contribution < 1.29 is 23.8 Å². The minimum absolute atomic E-state index is 0.0230. The second kappa shape index (κ2) is 10.3. The lowest BCUT2D eigenvalue weighted by Crippen LogP contribution is -2.21. The van der Waals surface area contributed by atoms with Gasteiger partial charge >= 0.3 is 5.97 Å². The first-order valence-electron chi connectivity index (χ1n) is 9.35. The number of amides is 1. The highest BCUT2D eigenvalue weighted by Gasteiger charge is 2.10. The van der Waals surface area contributed by atoms with Crippen LogP contribution in [0.1, 0.15) is 30.5 Å². The van der Waals surface area contributed by atoms with Crippen LogP contribution in [0.2, 0.25) is 0 Å². The number of esters is 1. The molecule has 0 aliphatic carbocycles. The van der Waals surface area contributed by atoms with Gasteiger partial charge in [-0.2, -0.15) is 0 Å². The zero-order valence-corrected chi connectivity index (χ0v) is 17.4. The van der Waals surface area contributed by atoms with E-state index in [1.165, 1.54) is 6.08 Å². The van der Waals surface area contributed by atoms with E-state index in [4.69, 9.17) is 14.2 Å². The van der Waals surface area contributed by atoms with Crippen molar-refractivity contribution in [3.05, 3.63) is 59.2 Å². The molecule has 0 saturated heterocycles. The summed E-state index contributed by atoms with van der Waals surface area (Å²) in [6.45, 7) is 7.31. The summed E-state index contributed by atoms with van der Waals surface area (Å²) in [5.74, 6) is 0.205. The van der Waals surface area contributed by atoms with Crippen molar-refractivity contribution in [3.63, 3.8) is 0 Å². The number of anilines is 1. The van der Waals surface area contributed by atoms with Gasteiger partial charge in [0.05, 0.1) is 13.2 Å². The molecule has 1 amide bonds. The highest BCUT2D eigenvalue weighted by Crippen LogP contribution is 2.29. The molecular formula is C23H27NO5. The van der Waals surface area contributed by atoms with Gasteiger partial charge in [-0.25, -0.2) is 4.79 Å². The average molecular weight is 397 g/mol. The zero-order valence-electron chi connectivity index (χ0n) is 17.4. The molecule has 0 fully saturated rings. The van der Waals surface area contributed by atoms with Crippen LogP contribution < -0.4 is 14.8 Å². The fourth-order valence-corrected chi connectivity index (χ4v) is 2.68. The Balaban J connectivity index is 1.91. The van der Waals surface area contributed by atoms with E-state index in [-0.39, 0.29) is 18.6 Å². The largest absolute Gasteiger partial charge is 0.493 e. The van der Waals surface area contributed by atoms with Crippen molar-refractivity contribution in [1.29, 1.82) is 0 Å². The van der Waals surface area contributed by atoms with Crippen LogP contribution in [0.25, 0.3) is 6.08 Å². The lowest BCUT2D eigenvalue weighted by Gasteiger charge is -2.13. The van der Waals surface area contributed by atoms with Crippen molar-refractivity contribution in [1.82, 2.24) is 0 Å². The summed E-state index contributed by atoms with van der Waals surface area (Å²) >= 11 is 0. The van der Waals surface area contributed by atoms with Gasteiger partial charge < -0.3 is 19.5 Å². The summed E-state index contributed by atoms with van der Waals surface area (Å²) in [6.07, 6.45) is 2.88. The summed E-state index contributed by atoms with van der Waals surface area (Å²) in [6, 6.07) is 11.1. The van der Waals surface area contributed by atoms with E-state index < -0.39 is 5.97 Å². The number of rotatable bonds is 8. The normalized spacial score (nSPS) is 10.8. The van der Waals surface area contributed by atoms with Gasteiger partial charge in [-0.05, 0) is 62.6 Å². The lowest BCUT2D eigenvalue weighted by atomic mass is 10.1. The van der Waals surface area contributed by atoms with Crippen molar-refractivity contribution in [2.24, 2.45) is 0 Å². The van der Waals surface area contributed by atoms with Crippen molar-refractivity contribution in [3.8, 4) is 11.5 Å². The molecule has 0 aromatic heterocycles. The molecular weight excluding hydrogens is 370 g/mol. The molecule has 6 heteroatoms. The van der Waals surface area contributed by atoms with Gasteiger partial charge in [-0.3, -0.25) is 4.79 Å². The van der Waals surface area contributed by atoms with Crippen LogP contribution in [0.4, 0.5) is 5.69 Å². The Bertz CT molecular complexity index is 882. The Kier molecular flexibility index (Phi) is 7.83. The molecule has 1 N–H and O–H groups in total. The molecule has 2 aromatic carbocycles. The van der Waals surface area contributed by atoms with Gasteiger partial charge in [0.2, 0.25) is 0 Å². The van der Waals surface area contributed by atoms with Crippen LogP contribution in [0, 0.1) is 13.8 Å². The van der Waals surface area contributed by atoms with Gasteiger partial charge in [0.15, 0.2) is 18.1 Å². The standard InChI is InChI=1S/C23H27NO5/c1-15(2)29-19-11-9-18(13-20(19)27-5)10-12-22(26)28-14-21(25)24-23-16(3)7-6-8-17(23)4/h6-13,15H,14H2,1-5H3,(H,24,25)/b12-10+. The maximum Gasteiger partial charge on any atom is 0.331 e. The molecule has 0 heterocycles. The number of ether oxygens (including phenoxy) is 3. The quantitative estimate of drug-likeness (QED) is 0.531. The minimum Gasteiger partial charge on any atom is -0.493 e. The van der Waals surface area contributed by atoms with Crippen LogP contribution in [0.15, 0.2) is 42.5 Å². The van der Waals surface area contributed by atoms with Crippen molar-refractivity contribution >= 4 is 23.6 Å². The zero-order chi connectivity index (χ0) is 21.4. The monoisotopic (exact) mass is 397 g/mol. The Hall–Kier alpha value is -3.28. The summed E-state index contributed by atoms with van der Waals surface area (Å²) < 4.78 is 16.0. The number of benzene rings is 2. The number of carbonyl (C=O) groups excluding carboxylic acids is 2. The molecule has 0 aliphatic heterocycles. The number of methoxy groups -OCH3 is 1. The third-order valence-corrected chi connectivity index (χ3v) is 4.05. The van der Waals surface area contributed by atoms with Crippen LogP contribution in [-0.2, 0) is 14.3 Å². The third kappa shape index (κ3) is 6.68. The second-order valence-electron chi connectivity index (χ2n) is 6.83. The van der Waals surface area contributed by atoms with E-state index in [1.54, 1.807) is 31.4 Å². The first-order valence-corrected chi connectivity index (χ1v) is 9.35. The van der Waals surface area contributed by atoms with Gasteiger partial charge in [-0.15, -0.1) is 0 Å². The molecule has 0 aliphatic rings. The van der Waals surface area contributed by atoms with E-state index >= 15 is 0 Å². The van der Waals surface area contributed by atoms with Crippen LogP contribution in [-0.4, -0.2) is 31.7 Å². The molecule has 0 bridgehead atoms. The van der Waals surface area contributed by atoms with Crippen molar-refractivity contribution in [2.75, 3.05) is 19.0 Å². The SMILES string of the molecule is COc1cc(/C=C/C(=O)OCC(=O)Nc2c(C)cccc2C)ccc1OC(C)C. The Labute approximate surface area is 171 Å². The van der Waals surface area contributed by atoms with Crippen molar-refractivity contribution in [2.45, 2.75) is 33.8 Å². The smallest absolute Gasteiger partial charge is 0.331 e. The summed E-state index contributed by atoms with van der Waals surface area (Å²) in [4.78, 5) is 24.0. The Morgan fingerprint density at radius 1 is 1.07 bits per heavy atom. The lowest BCUT2D eigenvalue weighted by molar-refractivity contribution is -0.142. The maximum absolute atomic E-state index is 12.1. The Morgan fingerprint density at radius 3 is 2.38 bits per heavy atom. The molecule has 0 saturated carbocycles. The molecule has 0 spiro atoms. The molecule has 2 aromatic rings. The van der Waals surface area contributed by atoms with E-state index in [1.807, 2.05) is 45.9 Å². The molecule has 0 atom stereocenters. The molecule has 2 rings (SSSR count). The number of nitrogens with one attached hydrogen (secondary N) is 1. The Morgan fingerprint density at radius 2 is 1.76 bits per heavy atom. The maximum atomic E-state index is 12.1. The molecule has 0 unspecified atom stereocenters. The molecule has 6 nitrogen and oxygen atoms in total. The fraction of sp³-hybridized carbons (Fsp3) is 0.304. The number of aryl methyl sites for hydroxylation is 2. The van der Waals surface area contributed by atoms with E-state index in [2.05, 4.69) is 5.32 Å². The highest BCUT2D eigenvalue weighted by atomic mass is 16.5. The van der Waals surface area contributed by atoms with Gasteiger partial charge in [0.1, 0.15) is 0 Å². The van der Waals surface area contributed by atoms with Crippen LogP contribution in [0.5, 0.6) is 11.5 Å². The first kappa shape index (κ1) is 22.0. The number of para-hydroxylation sites is 1. The molecule has 154 valence electrons. The summed E-state index contributed by atoms with van der Waals surface area (Å²) in [5, 5.41) is 2.77. The highest BCUT2D eigenvalue weighted by molar-refractivity contribution is 5.95. The van der Waals surface area contributed by atoms with E-state index in [9.17, 15) is 9.59 Å². The number of hydrogen-bond donors (Lipinski definition) is 1. The first-order chi connectivity index (χ1) is 13.8. The minimum atomic E-state index is -0.608. The van der Waals surface area contributed by atoms with Gasteiger partial charge in [-0.1, -0.05) is 24.3 Å². The van der Waals surface area contributed by atoms with E-state index in [0.717, 1.165) is 22.4 Å². The van der Waals surface area contributed by atoms with Gasteiger partial charge in [0, 0.05) is 11.8 Å². The van der Waals surface area contributed by atoms with Crippen LogP contribution in [0.3, 0.4) is 0 Å². The number of carbonyl (C=O) groups is 2. The number of hydrogen-bond acceptors (Lipinski definition) is 5. The van der Waals surface area contributed by atoms with Crippen LogP contribution >= 0.6 is 0 Å². The van der Waals surface area contributed by atoms with Gasteiger partial charge in [0.25, 0.3) is 5.91 Å². The second-order valence-corrected chi connectivity index (χ2v) is 6.83. The predicted octanol–water partition coefficient (Wildman–Crippen LogP) is 4.29. The van der Waals surface area contributed by atoms with E-state index in [0.29, 0.717) is 11.5 Å². The topological polar surface area (TPSA) is 73.9 Å². The fourth-order valence-electron chi connectivity index (χ4n) is 2.68. The molecule has 0 radical (unpaired) electrons. The summed E-state index contributed by atoms with van der Waals surface area (Å²) in [7, 11) is 1.55. The predicted molar refractivity (Wildman–Crippen MR) is 113 cm³/mol. The third-order valence-electron chi connectivity index (χ3n) is 4.05.